The average Bonchev–Trinajstić information content (AvgIpc) is 3.22. The standard InChI is InChI=1S/C21H20N4O6/c1-13-6-8-15(9-7-13)20-23-18(31-24-20)10-11-19(26)30-14(2)21(27)22-16-4-3-5-17(12-16)25(28)29/h3-9,12,14H,10-11H2,1-2H3,(H,22,27). The third-order valence-corrected chi connectivity index (χ3v) is 4.32. The van der Waals surface area contributed by atoms with Gasteiger partial charge in [0.2, 0.25) is 11.7 Å². The van der Waals surface area contributed by atoms with Gasteiger partial charge < -0.3 is 14.6 Å². The summed E-state index contributed by atoms with van der Waals surface area (Å²) in [5.41, 5.74) is 1.98. The molecule has 1 N–H and O–H groups in total. The minimum Gasteiger partial charge on any atom is -0.453 e. The normalized spacial score (nSPS) is 11.5. The van der Waals surface area contributed by atoms with Gasteiger partial charge in [-0.05, 0) is 19.9 Å². The molecule has 10 heteroatoms. The zero-order valence-electron chi connectivity index (χ0n) is 16.9. The van der Waals surface area contributed by atoms with Crippen LogP contribution in [0.3, 0.4) is 0 Å². The number of carbonyl (C=O) groups is 2. The summed E-state index contributed by atoms with van der Waals surface area (Å²) in [4.78, 5) is 38.7. The summed E-state index contributed by atoms with van der Waals surface area (Å²) in [6, 6.07) is 13.1. The highest BCUT2D eigenvalue weighted by Crippen LogP contribution is 2.18. The number of benzene rings is 2. The molecule has 1 heterocycles. The molecule has 1 atom stereocenters. The minimum atomic E-state index is -1.09. The number of nitrogens with one attached hydrogen (secondary N) is 1. The predicted molar refractivity (Wildman–Crippen MR) is 110 cm³/mol. The molecule has 0 bridgehead atoms. The van der Waals surface area contributed by atoms with E-state index in [2.05, 4.69) is 15.5 Å². The Balaban J connectivity index is 1.49. The fourth-order valence-electron chi connectivity index (χ4n) is 2.64. The second kappa shape index (κ2) is 9.61. The molecule has 2 aromatic carbocycles. The number of rotatable bonds is 8. The van der Waals surface area contributed by atoms with Crippen LogP contribution in [0.4, 0.5) is 11.4 Å². The van der Waals surface area contributed by atoms with Gasteiger partial charge in [0.15, 0.2) is 6.10 Å². The van der Waals surface area contributed by atoms with Gasteiger partial charge in [-0.3, -0.25) is 19.7 Å². The topological polar surface area (TPSA) is 137 Å². The van der Waals surface area contributed by atoms with E-state index in [1.807, 2.05) is 31.2 Å². The van der Waals surface area contributed by atoms with Gasteiger partial charge in [0.25, 0.3) is 11.6 Å². The van der Waals surface area contributed by atoms with Crippen molar-refractivity contribution < 1.29 is 23.8 Å². The van der Waals surface area contributed by atoms with E-state index in [9.17, 15) is 19.7 Å². The monoisotopic (exact) mass is 424 g/mol. The molecule has 0 aliphatic rings. The van der Waals surface area contributed by atoms with E-state index in [0.717, 1.165) is 11.1 Å². The van der Waals surface area contributed by atoms with Gasteiger partial charge >= 0.3 is 5.97 Å². The third-order valence-electron chi connectivity index (χ3n) is 4.32. The summed E-state index contributed by atoms with van der Waals surface area (Å²) in [7, 11) is 0. The van der Waals surface area contributed by atoms with E-state index in [1.165, 1.54) is 31.2 Å². The average molecular weight is 424 g/mol. The second-order valence-electron chi connectivity index (χ2n) is 6.81. The van der Waals surface area contributed by atoms with E-state index in [1.54, 1.807) is 0 Å². The van der Waals surface area contributed by atoms with Crippen molar-refractivity contribution in [2.24, 2.45) is 0 Å². The summed E-state index contributed by atoms with van der Waals surface area (Å²) in [5, 5.41) is 17.2. The molecule has 0 radical (unpaired) electrons. The largest absolute Gasteiger partial charge is 0.453 e. The van der Waals surface area contributed by atoms with Gasteiger partial charge in [0.1, 0.15) is 0 Å². The van der Waals surface area contributed by atoms with Crippen LogP contribution in [0.1, 0.15) is 24.8 Å². The first kappa shape index (κ1) is 21.6. The molecular formula is C21H20N4O6. The number of nitrogens with zero attached hydrogens (tertiary/aromatic N) is 3. The van der Waals surface area contributed by atoms with Crippen molar-refractivity contribution in [1.29, 1.82) is 0 Å². The van der Waals surface area contributed by atoms with Crippen LogP contribution < -0.4 is 5.32 Å². The number of aryl methyl sites for hydroxylation is 2. The number of hydrogen-bond donors (Lipinski definition) is 1. The van der Waals surface area contributed by atoms with Crippen molar-refractivity contribution in [3.05, 3.63) is 70.1 Å². The number of hydrogen-bond acceptors (Lipinski definition) is 8. The van der Waals surface area contributed by atoms with Gasteiger partial charge in [-0.1, -0.05) is 41.1 Å². The SMILES string of the molecule is Cc1ccc(-c2noc(CCC(=O)OC(C)C(=O)Nc3cccc([N+](=O)[O-])c3)n2)cc1. The fourth-order valence-corrected chi connectivity index (χ4v) is 2.64. The summed E-state index contributed by atoms with van der Waals surface area (Å²) in [6.45, 7) is 3.38. The quantitative estimate of drug-likeness (QED) is 0.330. The van der Waals surface area contributed by atoms with Crippen molar-refractivity contribution in [1.82, 2.24) is 10.1 Å². The first-order chi connectivity index (χ1) is 14.8. The molecular weight excluding hydrogens is 404 g/mol. The number of non-ortho nitro benzene ring substituents is 1. The maximum absolute atomic E-state index is 12.2. The van der Waals surface area contributed by atoms with Crippen LogP contribution in [-0.4, -0.2) is 33.0 Å². The van der Waals surface area contributed by atoms with Crippen LogP contribution in [-0.2, 0) is 20.7 Å². The van der Waals surface area contributed by atoms with Gasteiger partial charge in [-0.2, -0.15) is 4.98 Å². The molecule has 1 amide bonds. The Hall–Kier alpha value is -4.08. The van der Waals surface area contributed by atoms with Crippen LogP contribution in [0.2, 0.25) is 0 Å². The van der Waals surface area contributed by atoms with Crippen molar-refractivity contribution in [3.8, 4) is 11.4 Å². The summed E-state index contributed by atoms with van der Waals surface area (Å²) >= 11 is 0. The molecule has 1 aromatic heterocycles. The van der Waals surface area contributed by atoms with Gasteiger partial charge in [-0.15, -0.1) is 0 Å². The van der Waals surface area contributed by atoms with Crippen LogP contribution in [0, 0.1) is 17.0 Å². The first-order valence-electron chi connectivity index (χ1n) is 9.46. The lowest BCUT2D eigenvalue weighted by atomic mass is 10.1. The molecule has 1 unspecified atom stereocenters. The number of amides is 1. The van der Waals surface area contributed by atoms with Crippen LogP contribution >= 0.6 is 0 Å². The molecule has 160 valence electrons. The van der Waals surface area contributed by atoms with Crippen molar-refractivity contribution in [2.45, 2.75) is 32.8 Å². The lowest BCUT2D eigenvalue weighted by molar-refractivity contribution is -0.384. The third kappa shape index (κ3) is 5.95. The Morgan fingerprint density at radius 1 is 1.23 bits per heavy atom. The minimum absolute atomic E-state index is 0.0516. The fraction of sp³-hybridized carbons (Fsp3) is 0.238. The van der Waals surface area contributed by atoms with E-state index < -0.39 is 22.9 Å². The zero-order chi connectivity index (χ0) is 22.4. The molecule has 0 saturated heterocycles. The Kier molecular flexibility index (Phi) is 6.71. The highest BCUT2D eigenvalue weighted by atomic mass is 16.6. The van der Waals surface area contributed by atoms with Crippen molar-refractivity contribution in [3.63, 3.8) is 0 Å². The number of carbonyl (C=O) groups excluding carboxylic acids is 2. The number of nitro benzene ring substituents is 1. The highest BCUT2D eigenvalue weighted by Gasteiger charge is 2.19. The Bertz CT molecular complexity index is 1090. The maximum atomic E-state index is 12.2. The summed E-state index contributed by atoms with van der Waals surface area (Å²) < 4.78 is 10.3. The van der Waals surface area contributed by atoms with Crippen LogP contribution in [0.5, 0.6) is 0 Å². The van der Waals surface area contributed by atoms with Crippen molar-refractivity contribution >= 4 is 23.3 Å². The zero-order valence-corrected chi connectivity index (χ0v) is 16.9. The molecule has 10 nitrogen and oxygen atoms in total. The smallest absolute Gasteiger partial charge is 0.307 e. The van der Waals surface area contributed by atoms with Gasteiger partial charge in [-0.25, -0.2) is 0 Å². The maximum Gasteiger partial charge on any atom is 0.307 e. The van der Waals surface area contributed by atoms with E-state index in [-0.39, 0.29) is 30.1 Å². The molecule has 0 aliphatic carbocycles. The molecule has 0 aliphatic heterocycles. The number of esters is 1. The van der Waals surface area contributed by atoms with Gasteiger partial charge in [0.05, 0.1) is 11.3 Å². The lowest BCUT2D eigenvalue weighted by Gasteiger charge is -2.13. The number of nitro groups is 1. The number of anilines is 1. The van der Waals surface area contributed by atoms with E-state index in [0.29, 0.717) is 5.82 Å². The Morgan fingerprint density at radius 2 is 1.97 bits per heavy atom. The molecule has 3 aromatic rings. The molecule has 0 saturated carbocycles. The Labute approximate surface area is 177 Å². The highest BCUT2D eigenvalue weighted by molar-refractivity contribution is 5.95. The lowest BCUT2D eigenvalue weighted by Crippen LogP contribution is -2.30. The van der Waals surface area contributed by atoms with Gasteiger partial charge in [0, 0.05) is 29.8 Å². The van der Waals surface area contributed by atoms with Crippen LogP contribution in [0.25, 0.3) is 11.4 Å². The first-order valence-corrected chi connectivity index (χ1v) is 9.46. The van der Waals surface area contributed by atoms with Crippen LogP contribution in [0.15, 0.2) is 53.1 Å². The Morgan fingerprint density at radius 3 is 2.68 bits per heavy atom. The predicted octanol–water partition coefficient (Wildman–Crippen LogP) is 3.46. The second-order valence-corrected chi connectivity index (χ2v) is 6.81. The summed E-state index contributed by atoms with van der Waals surface area (Å²) in [6.07, 6.45) is -0.974. The van der Waals surface area contributed by atoms with E-state index in [4.69, 9.17) is 9.26 Å². The molecule has 0 fully saturated rings. The molecule has 31 heavy (non-hydrogen) atoms. The molecule has 0 spiro atoms. The number of aromatic nitrogens is 2. The van der Waals surface area contributed by atoms with E-state index >= 15 is 0 Å². The summed E-state index contributed by atoms with van der Waals surface area (Å²) in [5.74, 6) is -0.514. The van der Waals surface area contributed by atoms with Crippen molar-refractivity contribution in [2.75, 3.05) is 5.32 Å². The molecule has 3 rings (SSSR count). The number of ether oxygens (including phenoxy) is 1.